The Bertz CT molecular complexity index is 402. The molecule has 1 aliphatic heterocycles. The van der Waals surface area contributed by atoms with E-state index < -0.39 is 0 Å². The van der Waals surface area contributed by atoms with Crippen molar-refractivity contribution in [3.8, 4) is 0 Å². The number of nitrogens with zero attached hydrogens (tertiary/aromatic N) is 2. The normalized spacial score (nSPS) is 18.3. The molecule has 1 amide bonds. The van der Waals surface area contributed by atoms with Crippen LogP contribution >= 0.6 is 0 Å². The van der Waals surface area contributed by atoms with Gasteiger partial charge in [0.15, 0.2) is 0 Å². The van der Waals surface area contributed by atoms with E-state index in [0.717, 1.165) is 32.6 Å². The smallest absolute Gasteiger partial charge is 0.271 e. The second-order valence-corrected chi connectivity index (χ2v) is 4.65. The Hall–Kier alpha value is -1.69. The van der Waals surface area contributed by atoms with Crippen molar-refractivity contribution in [1.82, 2.24) is 15.3 Å². The standard InChI is InChI=1S/C13H20N4O2/c1-2-4-14-12-8-15-11(7-16-12)13(18)17-6-10-3-5-19-9-10/h7-8,10H,2-6,9H2,1H3,(H,14,16)(H,17,18). The average molecular weight is 264 g/mol. The number of nitrogens with one attached hydrogen (secondary N) is 2. The minimum atomic E-state index is -0.179. The minimum absolute atomic E-state index is 0.179. The number of anilines is 1. The summed E-state index contributed by atoms with van der Waals surface area (Å²) >= 11 is 0. The zero-order valence-corrected chi connectivity index (χ0v) is 11.2. The molecule has 1 aromatic heterocycles. The Morgan fingerprint density at radius 3 is 3.00 bits per heavy atom. The second kappa shape index (κ2) is 7.04. The van der Waals surface area contributed by atoms with Crippen molar-refractivity contribution in [2.75, 3.05) is 31.6 Å². The van der Waals surface area contributed by atoms with Crippen LogP contribution in [0.2, 0.25) is 0 Å². The van der Waals surface area contributed by atoms with Crippen molar-refractivity contribution in [1.29, 1.82) is 0 Å². The molecule has 1 saturated heterocycles. The maximum absolute atomic E-state index is 11.9. The van der Waals surface area contributed by atoms with Gasteiger partial charge in [0.25, 0.3) is 5.91 Å². The summed E-state index contributed by atoms with van der Waals surface area (Å²) < 4.78 is 5.26. The number of amides is 1. The van der Waals surface area contributed by atoms with Gasteiger partial charge in [0.1, 0.15) is 11.5 Å². The van der Waals surface area contributed by atoms with Crippen LogP contribution < -0.4 is 10.6 Å². The lowest BCUT2D eigenvalue weighted by atomic mass is 10.1. The highest BCUT2D eigenvalue weighted by Gasteiger charge is 2.17. The molecule has 0 radical (unpaired) electrons. The zero-order chi connectivity index (χ0) is 13.5. The number of ether oxygens (including phenoxy) is 1. The third-order valence-electron chi connectivity index (χ3n) is 3.02. The van der Waals surface area contributed by atoms with Crippen LogP contribution in [0, 0.1) is 5.92 Å². The molecule has 6 nitrogen and oxygen atoms in total. The zero-order valence-electron chi connectivity index (χ0n) is 11.2. The first-order valence-corrected chi connectivity index (χ1v) is 6.71. The quantitative estimate of drug-likeness (QED) is 0.803. The molecule has 2 heterocycles. The number of carbonyl (C=O) groups excluding carboxylic acids is 1. The molecule has 6 heteroatoms. The van der Waals surface area contributed by atoms with Gasteiger partial charge in [-0.05, 0) is 12.8 Å². The summed E-state index contributed by atoms with van der Waals surface area (Å²) in [5.41, 5.74) is 0.348. The Morgan fingerprint density at radius 1 is 1.47 bits per heavy atom. The number of carbonyl (C=O) groups is 1. The van der Waals surface area contributed by atoms with E-state index >= 15 is 0 Å². The molecule has 0 saturated carbocycles. The first-order chi connectivity index (χ1) is 9.29. The molecule has 1 atom stereocenters. The highest BCUT2D eigenvalue weighted by atomic mass is 16.5. The Morgan fingerprint density at radius 2 is 2.37 bits per heavy atom. The predicted octanol–water partition coefficient (Wildman–Crippen LogP) is 1.06. The Balaban J connectivity index is 1.81. The Kier molecular flexibility index (Phi) is 5.09. The molecule has 0 spiro atoms. The number of hydrogen-bond acceptors (Lipinski definition) is 5. The number of rotatable bonds is 6. The largest absolute Gasteiger partial charge is 0.381 e. The second-order valence-electron chi connectivity index (χ2n) is 4.65. The highest BCUT2D eigenvalue weighted by molar-refractivity contribution is 5.91. The molecule has 1 fully saturated rings. The van der Waals surface area contributed by atoms with Gasteiger partial charge in [0, 0.05) is 25.6 Å². The van der Waals surface area contributed by atoms with Gasteiger partial charge in [-0.3, -0.25) is 4.79 Å². The number of aromatic nitrogens is 2. The first-order valence-electron chi connectivity index (χ1n) is 6.71. The molecule has 104 valence electrons. The topological polar surface area (TPSA) is 76.1 Å². The summed E-state index contributed by atoms with van der Waals surface area (Å²) in [6, 6.07) is 0. The first kappa shape index (κ1) is 13.7. The van der Waals surface area contributed by atoms with Crippen LogP contribution in [0.3, 0.4) is 0 Å². The fraction of sp³-hybridized carbons (Fsp3) is 0.615. The molecule has 1 aromatic rings. The van der Waals surface area contributed by atoms with E-state index in [0.29, 0.717) is 24.0 Å². The van der Waals surface area contributed by atoms with Gasteiger partial charge in [0.2, 0.25) is 0 Å². The van der Waals surface area contributed by atoms with Crippen LogP contribution in [0.1, 0.15) is 30.3 Å². The summed E-state index contributed by atoms with van der Waals surface area (Å²) in [5, 5.41) is 5.98. The van der Waals surface area contributed by atoms with Crippen molar-refractivity contribution in [3.63, 3.8) is 0 Å². The predicted molar refractivity (Wildman–Crippen MR) is 72.1 cm³/mol. The van der Waals surface area contributed by atoms with Crippen molar-refractivity contribution in [2.24, 2.45) is 5.92 Å². The third-order valence-corrected chi connectivity index (χ3v) is 3.02. The summed E-state index contributed by atoms with van der Waals surface area (Å²) in [6.07, 6.45) is 5.11. The third kappa shape index (κ3) is 4.17. The van der Waals surface area contributed by atoms with Crippen molar-refractivity contribution >= 4 is 11.7 Å². The fourth-order valence-corrected chi connectivity index (χ4v) is 1.86. The van der Waals surface area contributed by atoms with E-state index in [1.54, 1.807) is 6.20 Å². The molecule has 0 aliphatic carbocycles. The molecule has 2 rings (SSSR count). The van der Waals surface area contributed by atoms with Crippen molar-refractivity contribution in [2.45, 2.75) is 19.8 Å². The lowest BCUT2D eigenvalue weighted by Gasteiger charge is -2.09. The van der Waals surface area contributed by atoms with Crippen LogP contribution in [0.15, 0.2) is 12.4 Å². The molecule has 19 heavy (non-hydrogen) atoms. The van der Waals surface area contributed by atoms with E-state index in [2.05, 4.69) is 27.5 Å². The molecule has 1 unspecified atom stereocenters. The van der Waals surface area contributed by atoms with Gasteiger partial charge in [-0.2, -0.15) is 0 Å². The average Bonchev–Trinajstić information content (AvgIpc) is 2.96. The van der Waals surface area contributed by atoms with Gasteiger partial charge in [-0.15, -0.1) is 0 Å². The van der Waals surface area contributed by atoms with Gasteiger partial charge in [-0.25, -0.2) is 9.97 Å². The van der Waals surface area contributed by atoms with Crippen LogP contribution in [0.5, 0.6) is 0 Å². The van der Waals surface area contributed by atoms with Crippen molar-refractivity contribution < 1.29 is 9.53 Å². The highest BCUT2D eigenvalue weighted by Crippen LogP contribution is 2.10. The molecular formula is C13H20N4O2. The van der Waals surface area contributed by atoms with Crippen LogP contribution in [0.25, 0.3) is 0 Å². The molecule has 1 aliphatic rings. The van der Waals surface area contributed by atoms with E-state index in [1.165, 1.54) is 6.20 Å². The van der Waals surface area contributed by atoms with Crippen LogP contribution in [0.4, 0.5) is 5.82 Å². The van der Waals surface area contributed by atoms with Gasteiger partial charge in [0.05, 0.1) is 19.0 Å². The summed E-state index contributed by atoms with van der Waals surface area (Å²) in [5.74, 6) is 0.937. The summed E-state index contributed by atoms with van der Waals surface area (Å²) in [6.45, 7) is 5.08. The van der Waals surface area contributed by atoms with Gasteiger partial charge < -0.3 is 15.4 Å². The monoisotopic (exact) mass is 264 g/mol. The minimum Gasteiger partial charge on any atom is -0.381 e. The molecule has 0 aromatic carbocycles. The van der Waals surface area contributed by atoms with Crippen molar-refractivity contribution in [3.05, 3.63) is 18.1 Å². The summed E-state index contributed by atoms with van der Waals surface area (Å²) in [7, 11) is 0. The van der Waals surface area contributed by atoms with Gasteiger partial charge in [-0.1, -0.05) is 6.92 Å². The van der Waals surface area contributed by atoms with Crippen LogP contribution in [-0.2, 0) is 4.74 Å². The molecular weight excluding hydrogens is 244 g/mol. The molecule has 0 bridgehead atoms. The lowest BCUT2D eigenvalue weighted by molar-refractivity contribution is 0.0939. The van der Waals surface area contributed by atoms with E-state index in [9.17, 15) is 4.79 Å². The number of hydrogen-bond donors (Lipinski definition) is 2. The Labute approximate surface area is 113 Å². The maximum Gasteiger partial charge on any atom is 0.271 e. The van der Waals surface area contributed by atoms with E-state index in [4.69, 9.17) is 4.74 Å². The summed E-state index contributed by atoms with van der Waals surface area (Å²) in [4.78, 5) is 20.1. The fourth-order valence-electron chi connectivity index (χ4n) is 1.86. The lowest BCUT2D eigenvalue weighted by Crippen LogP contribution is -2.30. The van der Waals surface area contributed by atoms with Crippen LogP contribution in [-0.4, -0.2) is 42.2 Å². The molecule has 2 N–H and O–H groups in total. The van der Waals surface area contributed by atoms with E-state index in [1.807, 2.05) is 0 Å². The van der Waals surface area contributed by atoms with Gasteiger partial charge >= 0.3 is 0 Å². The SMILES string of the molecule is CCCNc1cnc(C(=O)NCC2CCOC2)cn1. The van der Waals surface area contributed by atoms with E-state index in [-0.39, 0.29) is 5.91 Å². The maximum atomic E-state index is 11.9.